The highest BCUT2D eigenvalue weighted by Gasteiger charge is 2.20. The van der Waals surface area contributed by atoms with Gasteiger partial charge < -0.3 is 14.8 Å². The van der Waals surface area contributed by atoms with Crippen LogP contribution in [0, 0.1) is 0 Å². The van der Waals surface area contributed by atoms with Crippen LogP contribution in [0.5, 0.6) is 5.75 Å². The van der Waals surface area contributed by atoms with E-state index in [9.17, 15) is 4.79 Å². The molecule has 0 fully saturated rings. The van der Waals surface area contributed by atoms with Crippen molar-refractivity contribution < 1.29 is 14.3 Å². The van der Waals surface area contributed by atoms with Gasteiger partial charge in [0.1, 0.15) is 11.6 Å². The second kappa shape index (κ2) is 6.43. The quantitative estimate of drug-likeness (QED) is 0.873. The predicted molar refractivity (Wildman–Crippen MR) is 81.2 cm³/mol. The highest BCUT2D eigenvalue weighted by Crippen LogP contribution is 2.33. The monoisotopic (exact) mass is 299 g/mol. The van der Waals surface area contributed by atoms with Crippen LogP contribution in [-0.4, -0.2) is 36.4 Å². The maximum absolute atomic E-state index is 11.3. The fourth-order valence-corrected chi connectivity index (χ4v) is 2.50. The molecule has 0 aliphatic carbocycles. The van der Waals surface area contributed by atoms with Crippen LogP contribution >= 0.6 is 0 Å². The molecule has 6 heteroatoms. The molecule has 1 aliphatic rings. The van der Waals surface area contributed by atoms with E-state index in [4.69, 9.17) is 4.74 Å². The molecule has 1 unspecified atom stereocenters. The molecule has 0 bridgehead atoms. The molecule has 22 heavy (non-hydrogen) atoms. The largest absolute Gasteiger partial charge is 0.493 e. The Balaban J connectivity index is 1.65. The third kappa shape index (κ3) is 3.00. The van der Waals surface area contributed by atoms with Crippen molar-refractivity contribution in [3.63, 3.8) is 0 Å². The van der Waals surface area contributed by atoms with Crippen LogP contribution in [0.4, 0.5) is 5.82 Å². The van der Waals surface area contributed by atoms with Gasteiger partial charge in [-0.05, 0) is 30.2 Å². The minimum absolute atomic E-state index is 0.199. The van der Waals surface area contributed by atoms with Gasteiger partial charge in [0, 0.05) is 12.5 Å². The smallest absolute Gasteiger partial charge is 0.358 e. The standard InChI is InChI=1S/C16H17N3O3/c1-21-16(20)13-6-7-15(19-18-13)17-10-11-8-9-22-14-5-3-2-4-12(11)14/h2-7,11H,8-10H2,1H3,(H,17,19). The molecule has 2 aromatic rings. The van der Waals surface area contributed by atoms with Gasteiger partial charge in [-0.1, -0.05) is 18.2 Å². The average molecular weight is 299 g/mol. The van der Waals surface area contributed by atoms with E-state index in [1.807, 2.05) is 18.2 Å². The number of hydrogen-bond acceptors (Lipinski definition) is 6. The zero-order valence-corrected chi connectivity index (χ0v) is 12.3. The Kier molecular flexibility index (Phi) is 4.18. The molecule has 3 rings (SSSR count). The summed E-state index contributed by atoms with van der Waals surface area (Å²) in [5.74, 6) is 1.47. The van der Waals surface area contributed by atoms with Gasteiger partial charge in [-0.2, -0.15) is 0 Å². The summed E-state index contributed by atoms with van der Waals surface area (Å²) in [7, 11) is 1.32. The zero-order chi connectivity index (χ0) is 15.4. The average Bonchev–Trinajstić information content (AvgIpc) is 2.59. The van der Waals surface area contributed by atoms with Crippen LogP contribution < -0.4 is 10.1 Å². The van der Waals surface area contributed by atoms with Crippen LogP contribution in [0.1, 0.15) is 28.4 Å². The van der Waals surface area contributed by atoms with Crippen molar-refractivity contribution >= 4 is 11.8 Å². The summed E-state index contributed by atoms with van der Waals surface area (Å²) < 4.78 is 10.2. The summed E-state index contributed by atoms with van der Waals surface area (Å²) in [4.78, 5) is 11.3. The number of fused-ring (bicyclic) bond motifs is 1. The fraction of sp³-hybridized carbons (Fsp3) is 0.312. The van der Waals surface area contributed by atoms with Gasteiger partial charge in [-0.15, -0.1) is 10.2 Å². The summed E-state index contributed by atoms with van der Waals surface area (Å²) >= 11 is 0. The number of hydrogen-bond donors (Lipinski definition) is 1. The lowest BCUT2D eigenvalue weighted by molar-refractivity contribution is 0.0593. The van der Waals surface area contributed by atoms with Gasteiger partial charge in [0.25, 0.3) is 0 Å². The Morgan fingerprint density at radius 1 is 1.32 bits per heavy atom. The van der Waals surface area contributed by atoms with E-state index in [0.29, 0.717) is 11.7 Å². The van der Waals surface area contributed by atoms with E-state index in [-0.39, 0.29) is 5.69 Å². The highest BCUT2D eigenvalue weighted by molar-refractivity contribution is 5.86. The topological polar surface area (TPSA) is 73.3 Å². The van der Waals surface area contributed by atoms with Crippen molar-refractivity contribution in [3.8, 4) is 5.75 Å². The van der Waals surface area contributed by atoms with E-state index < -0.39 is 5.97 Å². The van der Waals surface area contributed by atoms with E-state index in [1.54, 1.807) is 12.1 Å². The van der Waals surface area contributed by atoms with Crippen LogP contribution in [0.15, 0.2) is 36.4 Å². The number of ether oxygens (including phenoxy) is 2. The summed E-state index contributed by atoms with van der Waals surface area (Å²) in [6.07, 6.45) is 0.956. The molecule has 1 aromatic carbocycles. The molecule has 0 amide bonds. The molecule has 0 saturated carbocycles. The van der Waals surface area contributed by atoms with Crippen molar-refractivity contribution in [2.45, 2.75) is 12.3 Å². The van der Waals surface area contributed by atoms with Crippen molar-refractivity contribution in [1.82, 2.24) is 10.2 Å². The number of esters is 1. The second-order valence-electron chi connectivity index (χ2n) is 5.05. The Bertz CT molecular complexity index is 658. The number of anilines is 1. The first-order valence-electron chi connectivity index (χ1n) is 7.15. The number of methoxy groups -OCH3 is 1. The number of nitrogens with zero attached hydrogens (tertiary/aromatic N) is 2. The molecule has 0 radical (unpaired) electrons. The molecule has 1 aromatic heterocycles. The van der Waals surface area contributed by atoms with Gasteiger partial charge in [0.2, 0.25) is 0 Å². The third-order valence-corrected chi connectivity index (χ3v) is 3.67. The molecule has 6 nitrogen and oxygen atoms in total. The van der Waals surface area contributed by atoms with E-state index in [2.05, 4.69) is 26.3 Å². The number of carbonyl (C=O) groups is 1. The predicted octanol–water partition coefficient (Wildman–Crippen LogP) is 2.24. The SMILES string of the molecule is COC(=O)c1ccc(NCC2CCOc3ccccc32)nn1. The van der Waals surface area contributed by atoms with Gasteiger partial charge in [-0.3, -0.25) is 0 Å². The van der Waals surface area contributed by atoms with Crippen molar-refractivity contribution in [1.29, 1.82) is 0 Å². The van der Waals surface area contributed by atoms with Crippen LogP contribution in [0.3, 0.4) is 0 Å². The maximum atomic E-state index is 11.3. The minimum Gasteiger partial charge on any atom is -0.493 e. The summed E-state index contributed by atoms with van der Waals surface area (Å²) in [6.45, 7) is 1.46. The molecule has 0 saturated heterocycles. The first-order chi connectivity index (χ1) is 10.8. The van der Waals surface area contributed by atoms with Gasteiger partial charge in [0.15, 0.2) is 5.69 Å². The summed E-state index contributed by atoms with van der Waals surface area (Å²) in [6, 6.07) is 11.4. The lowest BCUT2D eigenvalue weighted by atomic mass is 9.93. The maximum Gasteiger partial charge on any atom is 0.358 e. The Labute approximate surface area is 128 Å². The first-order valence-corrected chi connectivity index (χ1v) is 7.15. The molecule has 114 valence electrons. The number of para-hydroxylation sites is 1. The van der Waals surface area contributed by atoms with E-state index >= 15 is 0 Å². The Morgan fingerprint density at radius 2 is 2.18 bits per heavy atom. The van der Waals surface area contributed by atoms with Crippen molar-refractivity contribution in [2.24, 2.45) is 0 Å². The van der Waals surface area contributed by atoms with Crippen LogP contribution in [0.2, 0.25) is 0 Å². The van der Waals surface area contributed by atoms with Gasteiger partial charge >= 0.3 is 5.97 Å². The molecule has 1 N–H and O–H groups in total. The zero-order valence-electron chi connectivity index (χ0n) is 12.3. The number of aromatic nitrogens is 2. The Hall–Kier alpha value is -2.63. The Morgan fingerprint density at radius 3 is 2.95 bits per heavy atom. The highest BCUT2D eigenvalue weighted by atomic mass is 16.5. The number of benzene rings is 1. The molecular weight excluding hydrogens is 282 g/mol. The molecule has 2 heterocycles. The second-order valence-corrected chi connectivity index (χ2v) is 5.05. The van der Waals surface area contributed by atoms with Crippen LogP contribution in [0.25, 0.3) is 0 Å². The molecule has 1 atom stereocenters. The van der Waals surface area contributed by atoms with Gasteiger partial charge in [0.05, 0.1) is 13.7 Å². The third-order valence-electron chi connectivity index (χ3n) is 3.67. The lowest BCUT2D eigenvalue weighted by Crippen LogP contribution is -2.21. The normalized spacial score (nSPS) is 16.3. The number of carbonyl (C=O) groups excluding carboxylic acids is 1. The number of nitrogens with one attached hydrogen (secondary N) is 1. The van der Waals surface area contributed by atoms with E-state index in [1.165, 1.54) is 12.7 Å². The molecule has 1 aliphatic heterocycles. The van der Waals surface area contributed by atoms with Gasteiger partial charge in [-0.25, -0.2) is 4.79 Å². The summed E-state index contributed by atoms with van der Waals surface area (Å²) in [5, 5.41) is 11.1. The first kappa shape index (κ1) is 14.3. The molecular formula is C16H17N3O3. The molecule has 0 spiro atoms. The lowest BCUT2D eigenvalue weighted by Gasteiger charge is -2.26. The number of rotatable bonds is 4. The summed E-state index contributed by atoms with van der Waals surface area (Å²) in [5.41, 5.74) is 1.41. The fourth-order valence-electron chi connectivity index (χ4n) is 2.50. The van der Waals surface area contributed by atoms with Crippen molar-refractivity contribution in [2.75, 3.05) is 25.6 Å². The van der Waals surface area contributed by atoms with E-state index in [0.717, 1.165) is 25.3 Å². The van der Waals surface area contributed by atoms with Crippen molar-refractivity contribution in [3.05, 3.63) is 47.7 Å². The minimum atomic E-state index is -0.489. The van der Waals surface area contributed by atoms with Crippen LogP contribution in [-0.2, 0) is 4.74 Å².